The molecule has 0 radical (unpaired) electrons. The fraction of sp³-hybridized carbons (Fsp3) is 0.462. The molecule has 1 aromatic carbocycles. The fourth-order valence-corrected chi connectivity index (χ4v) is 2.31. The molecule has 1 aromatic rings. The molecule has 0 unspecified atom stereocenters. The van der Waals surface area contributed by atoms with Gasteiger partial charge in [-0.05, 0) is 37.5 Å². The second kappa shape index (κ2) is 4.96. The maximum Gasteiger partial charge on any atom is 0.251 e. The molecule has 1 N–H and O–H groups in total. The molecule has 0 atom stereocenters. The van der Waals surface area contributed by atoms with Crippen molar-refractivity contribution in [3.05, 3.63) is 29.8 Å². The maximum absolute atomic E-state index is 12.1. The highest BCUT2D eigenvalue weighted by Crippen LogP contribution is 2.33. The van der Waals surface area contributed by atoms with Crippen LogP contribution in [0.25, 0.3) is 0 Å². The number of alkyl halides is 1. The van der Waals surface area contributed by atoms with Crippen molar-refractivity contribution in [1.29, 1.82) is 0 Å². The number of ether oxygens (including phenoxy) is 1. The zero-order chi connectivity index (χ0) is 12.3. The van der Waals surface area contributed by atoms with Crippen LogP contribution >= 0.6 is 11.6 Å². The molecule has 0 aromatic heterocycles. The molecule has 92 valence electrons. The number of amides is 1. The van der Waals surface area contributed by atoms with E-state index >= 15 is 0 Å². The van der Waals surface area contributed by atoms with Crippen LogP contribution in [-0.4, -0.2) is 24.4 Å². The highest BCUT2D eigenvalue weighted by molar-refractivity contribution is 6.19. The molecular weight excluding hydrogens is 238 g/mol. The van der Waals surface area contributed by atoms with E-state index in [0.717, 1.165) is 19.3 Å². The normalized spacial score (nSPS) is 17.1. The third-order valence-corrected chi connectivity index (χ3v) is 3.79. The first-order chi connectivity index (χ1) is 8.19. The van der Waals surface area contributed by atoms with E-state index in [-0.39, 0.29) is 11.4 Å². The van der Waals surface area contributed by atoms with E-state index in [2.05, 4.69) is 5.32 Å². The minimum absolute atomic E-state index is 0.0794. The molecule has 2 rings (SSSR count). The van der Waals surface area contributed by atoms with Crippen molar-refractivity contribution >= 4 is 17.5 Å². The SMILES string of the molecule is COc1cccc(C(=O)NC2(CCl)CCC2)c1. The van der Waals surface area contributed by atoms with Crippen LogP contribution in [0.5, 0.6) is 5.75 Å². The van der Waals surface area contributed by atoms with E-state index in [1.807, 2.05) is 12.1 Å². The summed E-state index contributed by atoms with van der Waals surface area (Å²) in [6, 6.07) is 7.13. The molecule has 1 amide bonds. The maximum atomic E-state index is 12.1. The van der Waals surface area contributed by atoms with Crippen LogP contribution in [0.3, 0.4) is 0 Å². The minimum Gasteiger partial charge on any atom is -0.497 e. The van der Waals surface area contributed by atoms with E-state index in [4.69, 9.17) is 16.3 Å². The van der Waals surface area contributed by atoms with Crippen molar-refractivity contribution in [3.8, 4) is 5.75 Å². The molecule has 0 saturated heterocycles. The Kier molecular flexibility index (Phi) is 3.57. The number of nitrogens with one attached hydrogen (secondary N) is 1. The Morgan fingerprint density at radius 2 is 2.29 bits per heavy atom. The quantitative estimate of drug-likeness (QED) is 0.838. The lowest BCUT2D eigenvalue weighted by Crippen LogP contribution is -2.55. The molecule has 4 heteroatoms. The number of hydrogen-bond donors (Lipinski definition) is 1. The van der Waals surface area contributed by atoms with Crippen molar-refractivity contribution < 1.29 is 9.53 Å². The minimum atomic E-state index is -0.193. The predicted octanol–water partition coefficient (Wildman–Crippen LogP) is 2.59. The van der Waals surface area contributed by atoms with E-state index in [1.54, 1.807) is 19.2 Å². The van der Waals surface area contributed by atoms with E-state index in [0.29, 0.717) is 17.2 Å². The zero-order valence-electron chi connectivity index (χ0n) is 9.83. The molecule has 1 saturated carbocycles. The van der Waals surface area contributed by atoms with Crippen molar-refractivity contribution in [2.24, 2.45) is 0 Å². The van der Waals surface area contributed by atoms with Gasteiger partial charge in [-0.25, -0.2) is 0 Å². The summed E-state index contributed by atoms with van der Waals surface area (Å²) in [5.74, 6) is 1.08. The number of carbonyl (C=O) groups excluding carboxylic acids is 1. The second-order valence-electron chi connectivity index (χ2n) is 4.45. The number of hydrogen-bond acceptors (Lipinski definition) is 2. The Balaban J connectivity index is 2.08. The molecule has 3 nitrogen and oxygen atoms in total. The number of halogens is 1. The molecule has 0 aliphatic heterocycles. The van der Waals surface area contributed by atoms with Gasteiger partial charge in [0.25, 0.3) is 5.91 Å². The van der Waals surface area contributed by atoms with E-state index < -0.39 is 0 Å². The van der Waals surface area contributed by atoms with Crippen LogP contribution in [0.1, 0.15) is 29.6 Å². The van der Waals surface area contributed by atoms with Gasteiger partial charge in [-0.1, -0.05) is 6.07 Å². The summed E-state index contributed by atoms with van der Waals surface area (Å²) in [4.78, 5) is 12.1. The molecule has 17 heavy (non-hydrogen) atoms. The average Bonchev–Trinajstić information content (AvgIpc) is 2.33. The lowest BCUT2D eigenvalue weighted by atomic mass is 9.78. The molecule has 1 aliphatic carbocycles. The number of carbonyl (C=O) groups is 1. The Hall–Kier alpha value is -1.22. The van der Waals surface area contributed by atoms with Gasteiger partial charge in [-0.3, -0.25) is 4.79 Å². The number of rotatable bonds is 4. The zero-order valence-corrected chi connectivity index (χ0v) is 10.6. The Morgan fingerprint density at radius 1 is 1.53 bits per heavy atom. The van der Waals surface area contributed by atoms with Gasteiger partial charge < -0.3 is 10.1 Å². The van der Waals surface area contributed by atoms with Crippen LogP contribution in [0.2, 0.25) is 0 Å². The van der Waals surface area contributed by atoms with E-state index in [9.17, 15) is 4.79 Å². The Labute approximate surface area is 106 Å². The molecular formula is C13H16ClNO2. The van der Waals surface area contributed by atoms with Gasteiger partial charge >= 0.3 is 0 Å². The molecule has 1 fully saturated rings. The molecule has 0 spiro atoms. The topological polar surface area (TPSA) is 38.3 Å². The van der Waals surface area contributed by atoms with Crippen LogP contribution in [0.15, 0.2) is 24.3 Å². The first kappa shape index (κ1) is 12.2. The van der Waals surface area contributed by atoms with Gasteiger partial charge in [0.15, 0.2) is 0 Å². The van der Waals surface area contributed by atoms with Gasteiger partial charge in [-0.15, -0.1) is 11.6 Å². The van der Waals surface area contributed by atoms with Crippen molar-refractivity contribution in [2.75, 3.05) is 13.0 Å². The second-order valence-corrected chi connectivity index (χ2v) is 4.72. The van der Waals surface area contributed by atoms with Gasteiger partial charge in [0.2, 0.25) is 0 Å². The van der Waals surface area contributed by atoms with Gasteiger partial charge in [-0.2, -0.15) is 0 Å². The molecule has 0 bridgehead atoms. The van der Waals surface area contributed by atoms with Crippen molar-refractivity contribution in [2.45, 2.75) is 24.8 Å². The summed E-state index contributed by atoms with van der Waals surface area (Å²) < 4.78 is 5.10. The predicted molar refractivity (Wildman–Crippen MR) is 67.8 cm³/mol. The summed E-state index contributed by atoms with van der Waals surface area (Å²) in [5, 5.41) is 3.02. The van der Waals surface area contributed by atoms with Crippen molar-refractivity contribution in [3.63, 3.8) is 0 Å². The van der Waals surface area contributed by atoms with Crippen molar-refractivity contribution in [1.82, 2.24) is 5.32 Å². The monoisotopic (exact) mass is 253 g/mol. The summed E-state index contributed by atoms with van der Waals surface area (Å²) in [6.45, 7) is 0. The lowest BCUT2D eigenvalue weighted by Gasteiger charge is -2.41. The van der Waals surface area contributed by atoms with Crippen LogP contribution in [-0.2, 0) is 0 Å². The van der Waals surface area contributed by atoms with Crippen LogP contribution < -0.4 is 10.1 Å². The average molecular weight is 254 g/mol. The fourth-order valence-electron chi connectivity index (χ4n) is 1.97. The number of benzene rings is 1. The first-order valence-corrected chi connectivity index (χ1v) is 6.25. The smallest absolute Gasteiger partial charge is 0.251 e. The first-order valence-electron chi connectivity index (χ1n) is 5.72. The largest absolute Gasteiger partial charge is 0.497 e. The standard InChI is InChI=1S/C13H16ClNO2/c1-17-11-5-2-4-10(8-11)12(16)15-13(9-14)6-3-7-13/h2,4-5,8H,3,6-7,9H2,1H3,(H,15,16). The highest BCUT2D eigenvalue weighted by Gasteiger charge is 2.37. The van der Waals surface area contributed by atoms with E-state index in [1.165, 1.54) is 0 Å². The third kappa shape index (κ3) is 2.55. The molecule has 0 heterocycles. The van der Waals surface area contributed by atoms with Crippen LogP contribution in [0, 0.1) is 0 Å². The number of methoxy groups -OCH3 is 1. The van der Waals surface area contributed by atoms with Gasteiger partial charge in [0.1, 0.15) is 5.75 Å². The summed E-state index contributed by atoms with van der Waals surface area (Å²) in [6.07, 6.45) is 3.06. The Bertz CT molecular complexity index is 410. The van der Waals surface area contributed by atoms with Crippen LogP contribution in [0.4, 0.5) is 0 Å². The summed E-state index contributed by atoms with van der Waals surface area (Å²) in [5.41, 5.74) is 0.419. The summed E-state index contributed by atoms with van der Waals surface area (Å²) >= 11 is 5.91. The Morgan fingerprint density at radius 3 is 2.82 bits per heavy atom. The van der Waals surface area contributed by atoms with Gasteiger partial charge in [0.05, 0.1) is 12.6 Å². The highest BCUT2D eigenvalue weighted by atomic mass is 35.5. The third-order valence-electron chi connectivity index (χ3n) is 3.28. The summed E-state index contributed by atoms with van der Waals surface area (Å²) in [7, 11) is 1.59. The molecule has 1 aliphatic rings. The van der Waals surface area contributed by atoms with Gasteiger partial charge in [0, 0.05) is 11.4 Å². The lowest BCUT2D eigenvalue weighted by molar-refractivity contribution is 0.0853.